The number of piperidine rings is 2. The standard InChI is InChI=1S/C26H30N8O2S/c1-18-29-21(19-5-11-33(12-6-19)15-9-27)16-23(30-18)32-26-31-22(17-37-26)25(35)34-13-7-20(8-14-34)36-24-4-2-3-10-28-24/h2-4,10,16-17,19-20H,5-8,11-15H2,1H3,(H,29,30,31,32). The summed E-state index contributed by atoms with van der Waals surface area (Å²) in [6, 6.07) is 9.82. The van der Waals surface area contributed by atoms with Crippen molar-refractivity contribution < 1.29 is 9.53 Å². The minimum Gasteiger partial charge on any atom is -0.474 e. The van der Waals surface area contributed by atoms with E-state index in [9.17, 15) is 4.79 Å². The summed E-state index contributed by atoms with van der Waals surface area (Å²) in [5.41, 5.74) is 1.45. The number of carbonyl (C=O) groups is 1. The Kier molecular flexibility index (Phi) is 7.87. The molecule has 0 aromatic carbocycles. The van der Waals surface area contributed by atoms with Gasteiger partial charge in [0.15, 0.2) is 5.13 Å². The first-order valence-corrected chi connectivity index (χ1v) is 13.5. The van der Waals surface area contributed by atoms with Gasteiger partial charge in [-0.15, -0.1) is 11.3 Å². The Balaban J connectivity index is 1.16. The molecule has 2 saturated heterocycles. The highest BCUT2D eigenvalue weighted by atomic mass is 32.1. The molecule has 2 aliphatic heterocycles. The minimum atomic E-state index is -0.0655. The fourth-order valence-electron chi connectivity index (χ4n) is 4.82. The number of nitrogens with one attached hydrogen (secondary N) is 1. The number of pyridine rings is 1. The minimum absolute atomic E-state index is 0.0559. The molecule has 5 heterocycles. The van der Waals surface area contributed by atoms with E-state index in [-0.39, 0.29) is 12.0 Å². The highest BCUT2D eigenvalue weighted by Gasteiger charge is 2.27. The van der Waals surface area contributed by atoms with Gasteiger partial charge < -0.3 is 15.0 Å². The van der Waals surface area contributed by atoms with Gasteiger partial charge in [-0.3, -0.25) is 9.69 Å². The van der Waals surface area contributed by atoms with Gasteiger partial charge >= 0.3 is 0 Å². The van der Waals surface area contributed by atoms with E-state index < -0.39 is 0 Å². The van der Waals surface area contributed by atoms with Crippen LogP contribution in [0.25, 0.3) is 0 Å². The van der Waals surface area contributed by atoms with Crippen LogP contribution in [0.1, 0.15) is 53.6 Å². The van der Waals surface area contributed by atoms with Crippen LogP contribution < -0.4 is 10.1 Å². The third-order valence-electron chi connectivity index (χ3n) is 6.77. The average molecular weight is 519 g/mol. The molecule has 37 heavy (non-hydrogen) atoms. The number of hydrogen-bond acceptors (Lipinski definition) is 10. The Labute approximate surface area is 220 Å². The Hall–Kier alpha value is -3.62. The van der Waals surface area contributed by atoms with E-state index in [1.807, 2.05) is 36.1 Å². The van der Waals surface area contributed by atoms with E-state index >= 15 is 0 Å². The highest BCUT2D eigenvalue weighted by Crippen LogP contribution is 2.29. The summed E-state index contributed by atoms with van der Waals surface area (Å²) < 4.78 is 5.94. The van der Waals surface area contributed by atoms with Gasteiger partial charge in [-0.2, -0.15) is 5.26 Å². The van der Waals surface area contributed by atoms with Crippen molar-refractivity contribution in [3.63, 3.8) is 0 Å². The largest absolute Gasteiger partial charge is 0.474 e. The fourth-order valence-corrected chi connectivity index (χ4v) is 5.51. The van der Waals surface area contributed by atoms with E-state index in [1.54, 1.807) is 11.6 Å². The topological polar surface area (TPSA) is 120 Å². The number of likely N-dealkylation sites (tertiary alicyclic amines) is 2. The summed E-state index contributed by atoms with van der Waals surface area (Å²) in [7, 11) is 0. The number of rotatable bonds is 7. The number of thiazole rings is 1. The molecule has 0 saturated carbocycles. The van der Waals surface area contributed by atoms with Crippen LogP contribution in [-0.2, 0) is 0 Å². The Morgan fingerprint density at radius 3 is 2.70 bits per heavy atom. The number of aryl methyl sites for hydroxylation is 1. The number of aromatic nitrogens is 4. The van der Waals surface area contributed by atoms with E-state index in [1.165, 1.54) is 11.3 Å². The Morgan fingerprint density at radius 1 is 1.16 bits per heavy atom. The summed E-state index contributed by atoms with van der Waals surface area (Å²) >= 11 is 1.39. The van der Waals surface area contributed by atoms with Crippen LogP contribution in [0.15, 0.2) is 35.8 Å². The number of anilines is 2. The van der Waals surface area contributed by atoms with Gasteiger partial charge in [0.25, 0.3) is 5.91 Å². The molecule has 5 rings (SSSR count). The van der Waals surface area contributed by atoms with Crippen LogP contribution in [-0.4, -0.2) is 74.5 Å². The zero-order valence-electron chi connectivity index (χ0n) is 20.8. The molecule has 11 heteroatoms. The first kappa shape index (κ1) is 25.0. The smallest absolute Gasteiger partial charge is 0.273 e. The van der Waals surface area contributed by atoms with Crippen LogP contribution >= 0.6 is 11.3 Å². The van der Waals surface area contributed by atoms with Gasteiger partial charge in [-0.25, -0.2) is 19.9 Å². The molecule has 0 bridgehead atoms. The molecule has 10 nitrogen and oxygen atoms in total. The number of ether oxygens (including phenoxy) is 1. The van der Waals surface area contributed by atoms with Crippen molar-refractivity contribution in [1.82, 2.24) is 29.7 Å². The zero-order chi connectivity index (χ0) is 25.6. The fraction of sp³-hybridized carbons (Fsp3) is 0.462. The van der Waals surface area contributed by atoms with Gasteiger partial charge in [0.05, 0.1) is 12.6 Å². The molecular weight excluding hydrogens is 488 g/mol. The third-order valence-corrected chi connectivity index (χ3v) is 7.53. The lowest BCUT2D eigenvalue weighted by Gasteiger charge is -2.31. The number of carbonyl (C=O) groups excluding carboxylic acids is 1. The van der Waals surface area contributed by atoms with Crippen LogP contribution in [0.5, 0.6) is 5.88 Å². The number of amides is 1. The van der Waals surface area contributed by atoms with Crippen molar-refractivity contribution in [3.05, 3.63) is 53.1 Å². The molecule has 3 aromatic heterocycles. The van der Waals surface area contributed by atoms with Crippen molar-refractivity contribution in [3.8, 4) is 11.9 Å². The second-order valence-electron chi connectivity index (χ2n) is 9.37. The second-order valence-corrected chi connectivity index (χ2v) is 10.2. The Bertz CT molecular complexity index is 1240. The average Bonchev–Trinajstić information content (AvgIpc) is 3.38. The lowest BCUT2D eigenvalue weighted by atomic mass is 9.93. The second kappa shape index (κ2) is 11.6. The maximum absolute atomic E-state index is 13.1. The molecule has 0 atom stereocenters. The van der Waals surface area contributed by atoms with Crippen molar-refractivity contribution in [2.75, 3.05) is 38.0 Å². The third kappa shape index (κ3) is 6.39. The first-order valence-electron chi connectivity index (χ1n) is 12.6. The summed E-state index contributed by atoms with van der Waals surface area (Å²) in [5, 5.41) is 14.6. The quantitative estimate of drug-likeness (QED) is 0.466. The lowest BCUT2D eigenvalue weighted by molar-refractivity contribution is 0.0583. The van der Waals surface area contributed by atoms with E-state index in [0.29, 0.717) is 53.9 Å². The van der Waals surface area contributed by atoms with Crippen LogP contribution in [0.2, 0.25) is 0 Å². The van der Waals surface area contributed by atoms with Gasteiger partial charge in [0, 0.05) is 61.3 Å². The molecule has 0 spiro atoms. The van der Waals surface area contributed by atoms with E-state index in [4.69, 9.17) is 10.00 Å². The molecule has 2 aliphatic rings. The molecule has 3 aromatic rings. The normalized spacial score (nSPS) is 17.4. The molecule has 192 valence electrons. The summed E-state index contributed by atoms with van der Waals surface area (Å²) in [5.74, 6) is 2.28. The van der Waals surface area contributed by atoms with Crippen molar-refractivity contribution >= 4 is 28.2 Å². The molecule has 2 fully saturated rings. The highest BCUT2D eigenvalue weighted by molar-refractivity contribution is 7.14. The number of hydrogen-bond donors (Lipinski definition) is 1. The zero-order valence-corrected chi connectivity index (χ0v) is 21.7. The molecule has 1 amide bonds. The Morgan fingerprint density at radius 2 is 1.97 bits per heavy atom. The van der Waals surface area contributed by atoms with Crippen LogP contribution in [0.4, 0.5) is 10.9 Å². The van der Waals surface area contributed by atoms with Crippen molar-refractivity contribution in [2.45, 2.75) is 44.6 Å². The van der Waals surface area contributed by atoms with Gasteiger partial charge in [-0.05, 0) is 38.9 Å². The first-order chi connectivity index (χ1) is 18.1. The predicted molar refractivity (Wildman–Crippen MR) is 140 cm³/mol. The number of nitriles is 1. The van der Waals surface area contributed by atoms with Crippen molar-refractivity contribution in [1.29, 1.82) is 5.26 Å². The lowest BCUT2D eigenvalue weighted by Crippen LogP contribution is -2.42. The van der Waals surface area contributed by atoms with Crippen LogP contribution in [0, 0.1) is 18.3 Å². The number of nitrogens with zero attached hydrogens (tertiary/aromatic N) is 7. The molecule has 0 radical (unpaired) electrons. The van der Waals surface area contributed by atoms with E-state index in [2.05, 4.69) is 36.2 Å². The predicted octanol–water partition coefficient (Wildman–Crippen LogP) is 3.77. The summed E-state index contributed by atoms with van der Waals surface area (Å²) in [6.45, 7) is 5.40. The van der Waals surface area contributed by atoms with Gasteiger partial charge in [0.1, 0.15) is 23.4 Å². The van der Waals surface area contributed by atoms with E-state index in [0.717, 1.165) is 44.5 Å². The van der Waals surface area contributed by atoms with Gasteiger partial charge in [-0.1, -0.05) is 6.07 Å². The van der Waals surface area contributed by atoms with Crippen molar-refractivity contribution in [2.24, 2.45) is 0 Å². The maximum atomic E-state index is 13.1. The summed E-state index contributed by atoms with van der Waals surface area (Å²) in [4.78, 5) is 35.0. The SMILES string of the molecule is Cc1nc(Nc2nc(C(=O)N3CCC(Oc4ccccn4)CC3)cs2)cc(C2CCN(CC#N)CC2)n1. The molecular formula is C26H30N8O2S. The monoisotopic (exact) mass is 518 g/mol. The van der Waals surface area contributed by atoms with Gasteiger partial charge in [0.2, 0.25) is 5.88 Å². The molecule has 1 N–H and O–H groups in total. The maximum Gasteiger partial charge on any atom is 0.273 e. The molecule has 0 unspecified atom stereocenters. The summed E-state index contributed by atoms with van der Waals surface area (Å²) in [6.07, 6.45) is 5.23. The molecule has 0 aliphatic carbocycles. The van der Waals surface area contributed by atoms with Crippen LogP contribution in [0.3, 0.4) is 0 Å².